The first-order chi connectivity index (χ1) is 27.3. The van der Waals surface area contributed by atoms with E-state index >= 15 is 0 Å². The predicted molar refractivity (Wildman–Crippen MR) is 214 cm³/mol. The SMILES string of the molecule is CCC1C[C@]1(CC(=O)[C@@H]1C[C@@H](Oc2cc(-c3csc(CC(C)C)n3)nc3c(Cl)c(OC)ccc23)CN1C(=O)[C@@H](CC(=O)OC1C[C@@H]2[C@H](C1)C2(F)F)C(C)(C)C)C(=O)O. The molecule has 4 aliphatic rings. The van der Waals surface area contributed by atoms with Gasteiger partial charge in [0.1, 0.15) is 28.7 Å². The first-order valence-corrected chi connectivity index (χ1v) is 21.5. The zero-order valence-corrected chi connectivity index (χ0v) is 35.6. The molecule has 7 rings (SSSR count). The number of carboxylic acids is 1. The number of alkyl halides is 2. The number of ketones is 1. The van der Waals surface area contributed by atoms with Crippen molar-refractivity contribution in [1.82, 2.24) is 14.9 Å². The number of carbonyl (C=O) groups is 4. The van der Waals surface area contributed by atoms with Crippen molar-refractivity contribution in [3.63, 3.8) is 0 Å². The summed E-state index contributed by atoms with van der Waals surface area (Å²) in [6.07, 6.45) is 0.150. The summed E-state index contributed by atoms with van der Waals surface area (Å²) in [6, 6.07) is 4.23. The molecular weight excluding hydrogens is 792 g/mol. The Kier molecular flexibility index (Phi) is 11.4. The fraction of sp³-hybridized carbons (Fsp3) is 0.628. The van der Waals surface area contributed by atoms with Crippen molar-refractivity contribution in [2.45, 2.75) is 117 Å². The number of thiazole rings is 1. The van der Waals surface area contributed by atoms with E-state index < -0.39 is 70.6 Å². The minimum Gasteiger partial charge on any atom is -0.495 e. The number of ether oxygens (including phenoxy) is 3. The van der Waals surface area contributed by atoms with Gasteiger partial charge >= 0.3 is 11.9 Å². The van der Waals surface area contributed by atoms with Gasteiger partial charge in [0.25, 0.3) is 5.92 Å². The Morgan fingerprint density at radius 2 is 1.76 bits per heavy atom. The summed E-state index contributed by atoms with van der Waals surface area (Å²) in [5.41, 5.74) is -0.394. The molecule has 3 aliphatic carbocycles. The van der Waals surface area contributed by atoms with Gasteiger partial charge in [-0.05, 0) is 48.6 Å². The Morgan fingerprint density at radius 3 is 2.36 bits per heavy atom. The minimum absolute atomic E-state index is 0.0204. The summed E-state index contributed by atoms with van der Waals surface area (Å²) < 4.78 is 45.6. The van der Waals surface area contributed by atoms with E-state index in [9.17, 15) is 33.1 Å². The molecule has 0 radical (unpaired) electrons. The van der Waals surface area contributed by atoms with Crippen LogP contribution in [0.15, 0.2) is 23.6 Å². The number of aliphatic carboxylic acids is 1. The van der Waals surface area contributed by atoms with E-state index in [1.54, 1.807) is 18.2 Å². The lowest BCUT2D eigenvalue weighted by atomic mass is 9.77. The highest BCUT2D eigenvalue weighted by Gasteiger charge is 2.72. The molecule has 1 saturated heterocycles. The normalized spacial score (nSPS) is 27.7. The Bertz CT molecular complexity index is 2110. The average Bonchev–Trinajstić information content (AvgIpc) is 3.58. The molecule has 3 aromatic rings. The highest BCUT2D eigenvalue weighted by atomic mass is 35.5. The lowest BCUT2D eigenvalue weighted by Gasteiger charge is -2.35. The lowest BCUT2D eigenvalue weighted by molar-refractivity contribution is -0.157. The van der Waals surface area contributed by atoms with Gasteiger partial charge in [0.2, 0.25) is 5.91 Å². The smallest absolute Gasteiger partial charge is 0.310 e. The van der Waals surface area contributed by atoms with Crippen molar-refractivity contribution in [3.05, 3.63) is 33.6 Å². The molecule has 4 fully saturated rings. The maximum atomic E-state index is 14.7. The van der Waals surface area contributed by atoms with Crippen molar-refractivity contribution in [2.75, 3.05) is 13.7 Å². The third kappa shape index (κ3) is 8.03. The van der Waals surface area contributed by atoms with Crippen LogP contribution in [0.1, 0.15) is 91.5 Å². The minimum atomic E-state index is -2.71. The number of esters is 1. The summed E-state index contributed by atoms with van der Waals surface area (Å²) in [7, 11) is 1.51. The summed E-state index contributed by atoms with van der Waals surface area (Å²) in [5.74, 6) is -6.66. The maximum Gasteiger partial charge on any atom is 0.310 e. The first-order valence-electron chi connectivity index (χ1n) is 20.2. The number of rotatable bonds is 15. The first kappa shape index (κ1) is 42.2. The quantitative estimate of drug-likeness (QED) is 0.148. The molecule has 1 aromatic carbocycles. The van der Waals surface area contributed by atoms with E-state index in [1.165, 1.54) is 23.3 Å². The van der Waals surface area contributed by atoms with Crippen molar-refractivity contribution in [2.24, 2.45) is 40.4 Å². The number of amides is 1. The molecule has 0 bridgehead atoms. The number of pyridine rings is 1. The molecule has 2 unspecified atom stereocenters. The van der Waals surface area contributed by atoms with Gasteiger partial charge in [-0.1, -0.05) is 59.6 Å². The number of benzene rings is 1. The van der Waals surface area contributed by atoms with Gasteiger partial charge in [0.05, 0.1) is 59.4 Å². The van der Waals surface area contributed by atoms with Crippen molar-refractivity contribution in [3.8, 4) is 22.9 Å². The molecule has 1 aliphatic heterocycles. The Morgan fingerprint density at radius 1 is 1.05 bits per heavy atom. The zero-order valence-electron chi connectivity index (χ0n) is 34.0. The number of likely N-dealkylation sites (tertiary alicyclic amines) is 1. The number of fused-ring (bicyclic) bond motifs is 2. The molecule has 0 spiro atoms. The fourth-order valence-corrected chi connectivity index (χ4v) is 10.5. The number of methoxy groups -OCH3 is 1. The van der Waals surface area contributed by atoms with Gasteiger partial charge in [-0.15, -0.1) is 11.3 Å². The van der Waals surface area contributed by atoms with Crippen LogP contribution in [0.4, 0.5) is 8.78 Å². The number of carbonyl (C=O) groups excluding carboxylic acids is 3. The topological polar surface area (TPSA) is 145 Å². The zero-order chi connectivity index (χ0) is 42.1. The number of hydrogen-bond donors (Lipinski definition) is 1. The maximum absolute atomic E-state index is 14.7. The summed E-state index contributed by atoms with van der Waals surface area (Å²) in [5, 5.41) is 14.0. The van der Waals surface area contributed by atoms with Gasteiger partial charge < -0.3 is 24.2 Å². The molecule has 8 atom stereocenters. The van der Waals surface area contributed by atoms with Gasteiger partial charge in [-0.25, -0.2) is 18.7 Å². The van der Waals surface area contributed by atoms with Crippen LogP contribution < -0.4 is 9.47 Å². The standard InChI is InChI=1S/C43H52ClF2N3O8S/c1-8-22-17-42(22,40(53)54)18-32(50)31-14-24(19-49(31)39(52)28(41(4,5)6)15-36(51)57-23-12-26-27(13-23)43(26,45)46)56-34-16-29(30-20-58-35(47-30)11-21(2)3)48-38-25(34)9-10-33(55-7)37(38)44/h9-10,16,20-24,26-28,31H,8,11-15,17-19H2,1-7H3,(H,53,54)/t22?,23?,24-,26-,27+,28-,31+,42-/m1/s1. The van der Waals surface area contributed by atoms with Gasteiger partial charge in [-0.3, -0.25) is 19.2 Å². The lowest BCUT2D eigenvalue weighted by Crippen LogP contribution is -2.48. The van der Waals surface area contributed by atoms with E-state index in [0.29, 0.717) is 52.5 Å². The van der Waals surface area contributed by atoms with Crippen molar-refractivity contribution < 1.29 is 47.3 Å². The van der Waals surface area contributed by atoms with Crippen LogP contribution in [0, 0.1) is 40.4 Å². The monoisotopic (exact) mass is 843 g/mol. The van der Waals surface area contributed by atoms with E-state index in [1.807, 2.05) is 33.1 Å². The molecule has 1 N–H and O–H groups in total. The summed E-state index contributed by atoms with van der Waals surface area (Å²) in [6.45, 7) is 11.6. The molecule has 1 amide bonds. The van der Waals surface area contributed by atoms with Crippen molar-refractivity contribution >= 4 is 57.5 Å². The van der Waals surface area contributed by atoms with Gasteiger partial charge in [0.15, 0.2) is 5.78 Å². The van der Waals surface area contributed by atoms with Crippen LogP contribution >= 0.6 is 22.9 Å². The van der Waals surface area contributed by atoms with Crippen LogP contribution in [-0.4, -0.2) is 81.4 Å². The number of aromatic nitrogens is 2. The van der Waals surface area contributed by atoms with E-state index in [0.717, 1.165) is 11.4 Å². The highest BCUT2D eigenvalue weighted by Crippen LogP contribution is 2.64. The van der Waals surface area contributed by atoms with Crippen LogP contribution in [0.3, 0.4) is 0 Å². The van der Waals surface area contributed by atoms with E-state index in [-0.39, 0.29) is 55.4 Å². The summed E-state index contributed by atoms with van der Waals surface area (Å²) >= 11 is 8.36. The molecule has 11 nitrogen and oxygen atoms in total. The Labute approximate surface area is 346 Å². The molecule has 3 saturated carbocycles. The second-order valence-corrected chi connectivity index (χ2v) is 19.5. The summed E-state index contributed by atoms with van der Waals surface area (Å²) in [4.78, 5) is 66.1. The second-order valence-electron chi connectivity index (χ2n) is 18.2. The van der Waals surface area contributed by atoms with Gasteiger partial charge in [0, 0.05) is 47.9 Å². The number of hydrogen-bond acceptors (Lipinski definition) is 10. The van der Waals surface area contributed by atoms with Crippen LogP contribution in [0.25, 0.3) is 22.3 Å². The molecule has 314 valence electrons. The number of halogens is 3. The van der Waals surface area contributed by atoms with Gasteiger partial charge in [-0.2, -0.15) is 0 Å². The third-order valence-electron chi connectivity index (χ3n) is 12.7. The molecule has 3 heterocycles. The second kappa shape index (κ2) is 15.6. The molecule has 15 heteroatoms. The predicted octanol–water partition coefficient (Wildman–Crippen LogP) is 8.67. The molecule has 58 heavy (non-hydrogen) atoms. The van der Waals surface area contributed by atoms with E-state index in [2.05, 4.69) is 13.8 Å². The molecule has 2 aromatic heterocycles. The number of nitrogens with zero attached hydrogens (tertiary/aromatic N) is 3. The fourth-order valence-electron chi connectivity index (χ4n) is 9.20. The van der Waals surface area contributed by atoms with Crippen LogP contribution in [0.2, 0.25) is 5.02 Å². The van der Waals surface area contributed by atoms with Crippen molar-refractivity contribution in [1.29, 1.82) is 0 Å². The average molecular weight is 844 g/mol. The third-order valence-corrected chi connectivity index (χ3v) is 14.0. The highest BCUT2D eigenvalue weighted by molar-refractivity contribution is 7.09. The molecular formula is C43H52ClF2N3O8S. The van der Waals surface area contributed by atoms with E-state index in [4.69, 9.17) is 35.8 Å². The number of carboxylic acid groups (broad SMARTS) is 1. The number of Topliss-reactive ketones (excluding diaryl/α,β-unsaturated/α-hetero) is 1. The Balaban J connectivity index is 1.19. The largest absolute Gasteiger partial charge is 0.495 e. The van der Waals surface area contributed by atoms with Crippen LogP contribution in [0.5, 0.6) is 11.5 Å². The Hall–Kier alpha value is -3.91. The van der Waals surface area contributed by atoms with Crippen LogP contribution in [-0.2, 0) is 30.3 Å².